The molecule has 1 aromatic rings. The van der Waals surface area contributed by atoms with E-state index in [9.17, 15) is 9.59 Å². The summed E-state index contributed by atoms with van der Waals surface area (Å²) in [7, 11) is 1.78. The monoisotopic (exact) mass is 292 g/mol. The van der Waals surface area contributed by atoms with Crippen LogP contribution in [0, 0.1) is 0 Å². The zero-order valence-corrected chi connectivity index (χ0v) is 12.5. The lowest BCUT2D eigenvalue weighted by Crippen LogP contribution is -2.38. The van der Waals surface area contributed by atoms with Gasteiger partial charge in [-0.05, 0) is 24.8 Å². The number of nitrogens with one attached hydrogen (secondary N) is 1. The smallest absolute Gasteiger partial charge is 0.317 e. The summed E-state index contributed by atoms with van der Waals surface area (Å²) in [6, 6.07) is 9.98. The van der Waals surface area contributed by atoms with Gasteiger partial charge in [0.2, 0.25) is 0 Å². The maximum atomic E-state index is 11.8. The van der Waals surface area contributed by atoms with Crippen molar-refractivity contribution in [3.8, 4) is 0 Å². The Balaban J connectivity index is 2.09. The lowest BCUT2D eigenvalue weighted by molar-refractivity contribution is -0.137. The molecule has 0 aromatic heterocycles. The average molecular weight is 292 g/mol. The first-order chi connectivity index (χ1) is 10.1. The van der Waals surface area contributed by atoms with Gasteiger partial charge in [0.1, 0.15) is 0 Å². The number of hydrogen-bond acceptors (Lipinski definition) is 2. The Morgan fingerprint density at radius 1 is 1.14 bits per heavy atom. The SMILES string of the molecule is CN(CCc1ccccc1)C(=O)NCCCCCC(=O)O. The van der Waals surface area contributed by atoms with Crippen LogP contribution in [0.3, 0.4) is 0 Å². The molecule has 2 amide bonds. The normalized spacial score (nSPS) is 10.1. The van der Waals surface area contributed by atoms with Crippen molar-refractivity contribution >= 4 is 12.0 Å². The first-order valence-corrected chi connectivity index (χ1v) is 7.34. The van der Waals surface area contributed by atoms with E-state index in [2.05, 4.69) is 5.32 Å². The Morgan fingerprint density at radius 2 is 1.86 bits per heavy atom. The molecule has 0 atom stereocenters. The highest BCUT2D eigenvalue weighted by Crippen LogP contribution is 2.01. The second-order valence-corrected chi connectivity index (χ2v) is 5.09. The molecule has 5 nitrogen and oxygen atoms in total. The van der Waals surface area contributed by atoms with E-state index in [4.69, 9.17) is 5.11 Å². The Kier molecular flexibility index (Phi) is 7.94. The fourth-order valence-corrected chi connectivity index (χ4v) is 1.95. The molecule has 1 rings (SSSR count). The number of benzene rings is 1. The third-order valence-corrected chi connectivity index (χ3v) is 3.27. The number of urea groups is 1. The van der Waals surface area contributed by atoms with Crippen LogP contribution in [-0.4, -0.2) is 42.1 Å². The Hall–Kier alpha value is -2.04. The lowest BCUT2D eigenvalue weighted by Gasteiger charge is -2.18. The Morgan fingerprint density at radius 3 is 2.52 bits per heavy atom. The van der Waals surface area contributed by atoms with Crippen LogP contribution in [0.2, 0.25) is 0 Å². The van der Waals surface area contributed by atoms with E-state index < -0.39 is 5.97 Å². The van der Waals surface area contributed by atoms with Gasteiger partial charge in [-0.25, -0.2) is 4.79 Å². The molecular formula is C16H24N2O3. The Labute approximate surface area is 126 Å². The number of aliphatic carboxylic acids is 1. The predicted molar refractivity (Wildman–Crippen MR) is 82.3 cm³/mol. The molecule has 0 saturated carbocycles. The molecule has 0 aliphatic carbocycles. The topological polar surface area (TPSA) is 69.6 Å². The predicted octanol–water partition coefficient (Wildman–Crippen LogP) is 2.52. The van der Waals surface area contributed by atoms with E-state index in [1.165, 1.54) is 5.56 Å². The van der Waals surface area contributed by atoms with Crippen molar-refractivity contribution in [2.75, 3.05) is 20.1 Å². The van der Waals surface area contributed by atoms with Crippen LogP contribution in [0.25, 0.3) is 0 Å². The molecule has 0 unspecified atom stereocenters. The third kappa shape index (κ3) is 7.97. The van der Waals surface area contributed by atoms with Gasteiger partial charge < -0.3 is 15.3 Å². The number of nitrogens with zero attached hydrogens (tertiary/aromatic N) is 1. The number of likely N-dealkylation sites (N-methyl/N-ethyl adjacent to an activating group) is 1. The van der Waals surface area contributed by atoms with Crippen LogP contribution >= 0.6 is 0 Å². The van der Waals surface area contributed by atoms with Gasteiger partial charge in [-0.15, -0.1) is 0 Å². The number of unbranched alkanes of at least 4 members (excludes halogenated alkanes) is 2. The van der Waals surface area contributed by atoms with E-state index in [-0.39, 0.29) is 12.5 Å². The van der Waals surface area contributed by atoms with Crippen LogP contribution < -0.4 is 5.32 Å². The summed E-state index contributed by atoms with van der Waals surface area (Å²) < 4.78 is 0. The highest BCUT2D eigenvalue weighted by atomic mass is 16.4. The maximum absolute atomic E-state index is 11.8. The molecule has 0 heterocycles. The zero-order valence-electron chi connectivity index (χ0n) is 12.5. The molecule has 5 heteroatoms. The number of amides is 2. The van der Waals surface area contributed by atoms with Crippen LogP contribution in [-0.2, 0) is 11.2 Å². The minimum absolute atomic E-state index is 0.0795. The molecule has 2 N–H and O–H groups in total. The van der Waals surface area contributed by atoms with Crippen molar-refractivity contribution in [2.24, 2.45) is 0 Å². The molecule has 116 valence electrons. The highest BCUT2D eigenvalue weighted by molar-refractivity contribution is 5.73. The van der Waals surface area contributed by atoms with Gasteiger partial charge in [0.15, 0.2) is 0 Å². The number of carboxylic acid groups (broad SMARTS) is 1. The van der Waals surface area contributed by atoms with E-state index in [1.807, 2.05) is 30.3 Å². The van der Waals surface area contributed by atoms with E-state index >= 15 is 0 Å². The third-order valence-electron chi connectivity index (χ3n) is 3.27. The van der Waals surface area contributed by atoms with E-state index in [1.54, 1.807) is 11.9 Å². The van der Waals surface area contributed by atoms with Gasteiger partial charge in [0.05, 0.1) is 0 Å². The largest absolute Gasteiger partial charge is 0.481 e. The van der Waals surface area contributed by atoms with Crippen LogP contribution in [0.4, 0.5) is 4.79 Å². The first kappa shape index (κ1) is 17.0. The van der Waals surface area contributed by atoms with Crippen molar-refractivity contribution in [1.82, 2.24) is 10.2 Å². The summed E-state index contributed by atoms with van der Waals surface area (Å²) in [5, 5.41) is 11.4. The molecule has 21 heavy (non-hydrogen) atoms. The average Bonchev–Trinajstić information content (AvgIpc) is 2.48. The van der Waals surface area contributed by atoms with Crippen LogP contribution in [0.5, 0.6) is 0 Å². The number of hydrogen-bond donors (Lipinski definition) is 2. The molecule has 0 aliphatic heterocycles. The highest BCUT2D eigenvalue weighted by Gasteiger charge is 2.07. The van der Waals surface area contributed by atoms with Gasteiger partial charge in [-0.3, -0.25) is 4.79 Å². The summed E-state index contributed by atoms with van der Waals surface area (Å²) in [5.41, 5.74) is 1.21. The van der Waals surface area contributed by atoms with Gasteiger partial charge >= 0.3 is 12.0 Å². The van der Waals surface area contributed by atoms with Gasteiger partial charge in [0.25, 0.3) is 0 Å². The van der Waals surface area contributed by atoms with E-state index in [0.717, 1.165) is 19.3 Å². The number of carboxylic acids is 1. The standard InChI is InChI=1S/C16H24N2O3/c1-18(13-11-14-8-4-2-5-9-14)16(21)17-12-7-3-6-10-15(19)20/h2,4-5,8-9H,3,6-7,10-13H2,1H3,(H,17,21)(H,19,20). The second-order valence-electron chi connectivity index (χ2n) is 5.09. The minimum atomic E-state index is -0.764. The quantitative estimate of drug-likeness (QED) is 0.687. The number of rotatable bonds is 9. The number of carbonyl (C=O) groups is 2. The summed E-state index contributed by atoms with van der Waals surface area (Å²) in [6.45, 7) is 1.27. The van der Waals surface area contributed by atoms with Crippen molar-refractivity contribution in [3.05, 3.63) is 35.9 Å². The second kappa shape index (κ2) is 9.80. The van der Waals surface area contributed by atoms with Crippen molar-refractivity contribution < 1.29 is 14.7 Å². The summed E-state index contributed by atoms with van der Waals surface area (Å²) in [6.07, 6.45) is 3.33. The van der Waals surface area contributed by atoms with Crippen LogP contribution in [0.1, 0.15) is 31.2 Å². The molecule has 0 saturated heterocycles. The molecule has 0 fully saturated rings. The summed E-state index contributed by atoms with van der Waals surface area (Å²) in [4.78, 5) is 23.8. The number of carbonyl (C=O) groups excluding carboxylic acids is 1. The molecular weight excluding hydrogens is 268 g/mol. The Bertz CT molecular complexity index is 434. The van der Waals surface area contributed by atoms with E-state index in [0.29, 0.717) is 19.5 Å². The fourth-order valence-electron chi connectivity index (χ4n) is 1.95. The first-order valence-electron chi connectivity index (χ1n) is 7.34. The molecule has 0 radical (unpaired) electrons. The van der Waals surface area contributed by atoms with Gasteiger partial charge in [-0.1, -0.05) is 36.8 Å². The molecule has 0 bridgehead atoms. The summed E-state index contributed by atoms with van der Waals surface area (Å²) >= 11 is 0. The maximum Gasteiger partial charge on any atom is 0.317 e. The van der Waals surface area contributed by atoms with Crippen molar-refractivity contribution in [2.45, 2.75) is 32.1 Å². The fraction of sp³-hybridized carbons (Fsp3) is 0.500. The summed E-state index contributed by atoms with van der Waals surface area (Å²) in [5.74, 6) is -0.764. The zero-order chi connectivity index (χ0) is 15.5. The van der Waals surface area contributed by atoms with Gasteiger partial charge in [0, 0.05) is 26.6 Å². The van der Waals surface area contributed by atoms with Crippen molar-refractivity contribution in [3.63, 3.8) is 0 Å². The van der Waals surface area contributed by atoms with Gasteiger partial charge in [-0.2, -0.15) is 0 Å². The molecule has 0 spiro atoms. The molecule has 0 aliphatic rings. The van der Waals surface area contributed by atoms with Crippen molar-refractivity contribution in [1.29, 1.82) is 0 Å². The minimum Gasteiger partial charge on any atom is -0.481 e. The molecule has 1 aromatic carbocycles. The lowest BCUT2D eigenvalue weighted by atomic mass is 10.1. The van der Waals surface area contributed by atoms with Crippen LogP contribution in [0.15, 0.2) is 30.3 Å².